The molecule has 9 heteroatoms. The highest BCUT2D eigenvalue weighted by molar-refractivity contribution is 7.99. The summed E-state index contributed by atoms with van der Waals surface area (Å²) in [6.45, 7) is 4.59. The number of fused-ring (bicyclic) bond motifs is 1. The van der Waals surface area contributed by atoms with Gasteiger partial charge in [-0.2, -0.15) is 25.6 Å². The van der Waals surface area contributed by atoms with Gasteiger partial charge < -0.3 is 15.2 Å². The first-order valence-corrected chi connectivity index (χ1v) is 13.4. The maximum Gasteiger partial charge on any atom is 0.387 e. The Morgan fingerprint density at radius 3 is 2.71 bits per heavy atom. The third-order valence-corrected chi connectivity index (χ3v) is 8.40. The quantitative estimate of drug-likeness (QED) is 0.552. The number of aliphatic hydroxyl groups is 1. The summed E-state index contributed by atoms with van der Waals surface area (Å²) < 4.78 is 32.0. The van der Waals surface area contributed by atoms with Gasteiger partial charge >= 0.3 is 6.61 Å². The highest BCUT2D eigenvalue weighted by Crippen LogP contribution is 2.38. The maximum absolute atomic E-state index is 13.3. The van der Waals surface area contributed by atoms with Gasteiger partial charge in [-0.05, 0) is 77.0 Å². The van der Waals surface area contributed by atoms with Crippen LogP contribution in [0.25, 0.3) is 11.3 Å². The Morgan fingerprint density at radius 2 is 2.06 bits per heavy atom. The predicted octanol–water partition coefficient (Wildman–Crippen LogP) is 4.99. The molecule has 0 spiro atoms. The Labute approximate surface area is 209 Å². The topological polar surface area (TPSA) is 76.4 Å². The summed E-state index contributed by atoms with van der Waals surface area (Å²) in [4.78, 5) is 13.3. The van der Waals surface area contributed by atoms with Gasteiger partial charge in [0.15, 0.2) is 0 Å². The van der Waals surface area contributed by atoms with E-state index in [4.69, 9.17) is 5.10 Å². The molecule has 0 bridgehead atoms. The Kier molecular flexibility index (Phi) is 7.48. The molecule has 1 amide bonds. The van der Waals surface area contributed by atoms with Gasteiger partial charge in [0.2, 0.25) is 5.91 Å². The van der Waals surface area contributed by atoms with E-state index in [2.05, 4.69) is 17.0 Å². The molecular formula is C26H35F2N3O3S. The lowest BCUT2D eigenvalue weighted by molar-refractivity contribution is -0.127. The van der Waals surface area contributed by atoms with Crippen LogP contribution in [-0.4, -0.2) is 50.1 Å². The van der Waals surface area contributed by atoms with Crippen molar-refractivity contribution in [2.45, 2.75) is 83.6 Å². The average Bonchev–Trinajstić information content (AvgIpc) is 3.16. The predicted molar refractivity (Wildman–Crippen MR) is 134 cm³/mol. The van der Waals surface area contributed by atoms with Gasteiger partial charge in [0.25, 0.3) is 0 Å². The third-order valence-electron chi connectivity index (χ3n) is 7.42. The second kappa shape index (κ2) is 10.1. The molecule has 2 aromatic rings. The Morgan fingerprint density at radius 1 is 1.34 bits per heavy atom. The Balaban J connectivity index is 1.66. The number of halogens is 2. The van der Waals surface area contributed by atoms with E-state index in [0.29, 0.717) is 30.5 Å². The molecule has 2 unspecified atom stereocenters. The van der Waals surface area contributed by atoms with Crippen LogP contribution in [0.5, 0.6) is 5.75 Å². The summed E-state index contributed by atoms with van der Waals surface area (Å²) in [5.74, 6) is 2.07. The molecule has 35 heavy (non-hydrogen) atoms. The van der Waals surface area contributed by atoms with E-state index in [-0.39, 0.29) is 29.2 Å². The van der Waals surface area contributed by atoms with Crippen LogP contribution in [0.3, 0.4) is 0 Å². The molecule has 0 saturated carbocycles. The molecule has 4 rings (SSSR count). The minimum atomic E-state index is -2.91. The zero-order chi connectivity index (χ0) is 25.4. The number of amides is 1. The fraction of sp³-hybridized carbons (Fsp3) is 0.615. The lowest BCUT2D eigenvalue weighted by Gasteiger charge is -2.36. The highest BCUT2D eigenvalue weighted by atomic mass is 32.2. The van der Waals surface area contributed by atoms with Gasteiger partial charge in [-0.15, -0.1) is 0 Å². The lowest BCUT2D eigenvalue weighted by atomic mass is 9.83. The van der Waals surface area contributed by atoms with Crippen LogP contribution in [0.15, 0.2) is 24.3 Å². The van der Waals surface area contributed by atoms with Gasteiger partial charge in [-0.3, -0.25) is 9.48 Å². The number of thioether (sulfide) groups is 1. The van der Waals surface area contributed by atoms with Crippen LogP contribution < -0.4 is 10.1 Å². The lowest BCUT2D eigenvalue weighted by Crippen LogP contribution is -2.51. The van der Waals surface area contributed by atoms with Crippen LogP contribution in [-0.2, 0) is 17.6 Å². The molecule has 1 aromatic heterocycles. The largest absolute Gasteiger partial charge is 0.435 e. The Hall–Kier alpha value is -2.13. The number of nitrogens with zero attached hydrogens (tertiary/aromatic N) is 2. The normalized spacial score (nSPS) is 20.9. The maximum atomic E-state index is 13.3. The smallest absolute Gasteiger partial charge is 0.387 e. The van der Waals surface area contributed by atoms with Gasteiger partial charge in [0.1, 0.15) is 5.75 Å². The number of ether oxygens (including phenoxy) is 1. The number of hydrogen-bond acceptors (Lipinski definition) is 5. The van der Waals surface area contributed by atoms with Crippen molar-refractivity contribution in [3.8, 4) is 17.0 Å². The van der Waals surface area contributed by atoms with Crippen molar-refractivity contribution in [2.75, 3.05) is 11.5 Å². The SMILES string of the molecule is CC(n1nc(-c2cccc(OC(F)F)c2)c2c1CC(C(=O)NC1(C)CCSCC1)CC2)C(C)(C)O. The van der Waals surface area contributed by atoms with Crippen LogP contribution in [0, 0.1) is 5.92 Å². The molecule has 192 valence electrons. The summed E-state index contributed by atoms with van der Waals surface area (Å²) >= 11 is 1.93. The van der Waals surface area contributed by atoms with Gasteiger partial charge in [-0.1, -0.05) is 12.1 Å². The minimum absolute atomic E-state index is 0.0718. The number of aromatic nitrogens is 2. The van der Waals surface area contributed by atoms with Crippen molar-refractivity contribution in [3.63, 3.8) is 0 Å². The third kappa shape index (κ3) is 5.82. The molecule has 6 nitrogen and oxygen atoms in total. The molecule has 1 aliphatic heterocycles. The standard InChI is InChI=1S/C26H35F2N3O3S/c1-16(25(2,3)33)31-21-15-18(23(32)29-26(4)10-12-35-13-11-26)8-9-20(21)22(30-31)17-6-5-7-19(14-17)34-24(27)28/h5-7,14,16,18,24,33H,8-13,15H2,1-4H3,(H,29,32). The molecule has 0 radical (unpaired) electrons. The van der Waals surface area contributed by atoms with Crippen molar-refractivity contribution in [1.29, 1.82) is 0 Å². The molecule has 2 N–H and O–H groups in total. The number of nitrogens with one attached hydrogen (secondary N) is 1. The van der Waals surface area contributed by atoms with Crippen LogP contribution in [0.4, 0.5) is 8.78 Å². The van der Waals surface area contributed by atoms with E-state index in [9.17, 15) is 18.7 Å². The minimum Gasteiger partial charge on any atom is -0.435 e. The van der Waals surface area contributed by atoms with E-state index in [0.717, 1.165) is 35.6 Å². The van der Waals surface area contributed by atoms with Crippen molar-refractivity contribution in [3.05, 3.63) is 35.5 Å². The first kappa shape index (κ1) is 25.9. The number of alkyl halides is 2. The second-order valence-electron chi connectivity index (χ2n) is 10.6. The fourth-order valence-corrected chi connectivity index (χ4v) is 6.27. The molecule has 2 atom stereocenters. The molecule has 1 fully saturated rings. The van der Waals surface area contributed by atoms with Crippen LogP contribution >= 0.6 is 11.8 Å². The number of rotatable bonds is 7. The summed E-state index contributed by atoms with van der Waals surface area (Å²) in [6.07, 6.45) is 3.79. The van der Waals surface area contributed by atoms with Gasteiger partial charge in [0.05, 0.1) is 17.3 Å². The van der Waals surface area contributed by atoms with Crippen molar-refractivity contribution in [1.82, 2.24) is 15.1 Å². The molecule has 1 aliphatic carbocycles. The van der Waals surface area contributed by atoms with Gasteiger partial charge in [0, 0.05) is 34.7 Å². The zero-order valence-electron chi connectivity index (χ0n) is 20.8. The van der Waals surface area contributed by atoms with E-state index in [1.165, 1.54) is 6.07 Å². The van der Waals surface area contributed by atoms with Crippen LogP contribution in [0.1, 0.15) is 64.3 Å². The number of carbonyl (C=O) groups is 1. The highest BCUT2D eigenvalue weighted by Gasteiger charge is 2.37. The number of hydrogen-bond donors (Lipinski definition) is 2. The first-order valence-electron chi connectivity index (χ1n) is 12.2. The van der Waals surface area contributed by atoms with Gasteiger partial charge in [-0.25, -0.2) is 0 Å². The fourth-order valence-electron chi connectivity index (χ4n) is 4.88. The van der Waals surface area contributed by atoms with E-state index < -0.39 is 12.2 Å². The van der Waals surface area contributed by atoms with Crippen molar-refractivity contribution in [2.24, 2.45) is 5.92 Å². The number of benzene rings is 1. The average molecular weight is 508 g/mol. The second-order valence-corrected chi connectivity index (χ2v) is 11.8. The van der Waals surface area contributed by atoms with E-state index in [1.54, 1.807) is 26.0 Å². The Bertz CT molecular complexity index is 1060. The van der Waals surface area contributed by atoms with Crippen LogP contribution in [0.2, 0.25) is 0 Å². The summed E-state index contributed by atoms with van der Waals surface area (Å²) in [7, 11) is 0. The molecular weight excluding hydrogens is 472 g/mol. The molecule has 2 aliphatic rings. The van der Waals surface area contributed by atoms with E-state index >= 15 is 0 Å². The van der Waals surface area contributed by atoms with Crippen molar-refractivity contribution >= 4 is 17.7 Å². The number of carbonyl (C=O) groups excluding carboxylic acids is 1. The van der Waals surface area contributed by atoms with E-state index in [1.807, 2.05) is 29.4 Å². The van der Waals surface area contributed by atoms with Crippen molar-refractivity contribution < 1.29 is 23.4 Å². The molecule has 2 heterocycles. The monoisotopic (exact) mass is 507 g/mol. The molecule has 1 saturated heterocycles. The first-order chi connectivity index (χ1) is 16.5. The zero-order valence-corrected chi connectivity index (χ0v) is 21.6. The molecule has 1 aromatic carbocycles. The summed E-state index contributed by atoms with van der Waals surface area (Å²) in [5, 5.41) is 18.9. The summed E-state index contributed by atoms with van der Waals surface area (Å²) in [5.41, 5.74) is 2.08. The summed E-state index contributed by atoms with van der Waals surface area (Å²) in [6, 6.07) is 6.19.